The van der Waals surface area contributed by atoms with Gasteiger partial charge in [-0.2, -0.15) is 0 Å². The van der Waals surface area contributed by atoms with Crippen LogP contribution in [0.2, 0.25) is 0 Å². The number of aliphatic hydroxyl groups is 1. The second kappa shape index (κ2) is 4.53. The van der Waals surface area contributed by atoms with E-state index >= 15 is 0 Å². The standard InChI is InChI=1S/C13H20N2O/c1-9-12-4-3-11(8-14)7-13(12)10(2)15(9)5-6-16/h3-4,7,9-10,16H,5-6,8,14H2,1-2H3. The minimum absolute atomic E-state index is 0.215. The molecule has 1 heterocycles. The van der Waals surface area contributed by atoms with Gasteiger partial charge in [-0.3, -0.25) is 4.90 Å². The fourth-order valence-corrected chi connectivity index (χ4v) is 2.69. The van der Waals surface area contributed by atoms with E-state index in [2.05, 4.69) is 36.9 Å². The summed E-state index contributed by atoms with van der Waals surface area (Å²) in [5, 5.41) is 9.08. The van der Waals surface area contributed by atoms with Crippen LogP contribution in [0, 0.1) is 0 Å². The van der Waals surface area contributed by atoms with Crippen LogP contribution in [0.5, 0.6) is 0 Å². The highest BCUT2D eigenvalue weighted by Gasteiger charge is 2.32. The number of rotatable bonds is 3. The molecular weight excluding hydrogens is 200 g/mol. The lowest BCUT2D eigenvalue weighted by atomic mass is 10.0. The molecule has 2 unspecified atom stereocenters. The topological polar surface area (TPSA) is 49.5 Å². The molecule has 1 aliphatic heterocycles. The van der Waals surface area contributed by atoms with Gasteiger partial charge in [0.25, 0.3) is 0 Å². The maximum absolute atomic E-state index is 9.08. The van der Waals surface area contributed by atoms with Gasteiger partial charge in [-0.1, -0.05) is 18.2 Å². The second-order valence-corrected chi connectivity index (χ2v) is 4.48. The molecule has 0 fully saturated rings. The Labute approximate surface area is 96.9 Å². The second-order valence-electron chi connectivity index (χ2n) is 4.48. The van der Waals surface area contributed by atoms with Crippen molar-refractivity contribution in [3.8, 4) is 0 Å². The van der Waals surface area contributed by atoms with Crippen LogP contribution in [-0.2, 0) is 6.54 Å². The summed E-state index contributed by atoms with van der Waals surface area (Å²) in [4.78, 5) is 2.32. The average Bonchev–Trinajstić information content (AvgIpc) is 2.54. The van der Waals surface area contributed by atoms with Gasteiger partial charge in [0.2, 0.25) is 0 Å². The Morgan fingerprint density at radius 2 is 1.94 bits per heavy atom. The van der Waals surface area contributed by atoms with E-state index in [9.17, 15) is 0 Å². The van der Waals surface area contributed by atoms with Crippen molar-refractivity contribution in [3.63, 3.8) is 0 Å². The number of hydrogen-bond acceptors (Lipinski definition) is 3. The summed E-state index contributed by atoms with van der Waals surface area (Å²) in [6.45, 7) is 5.92. The van der Waals surface area contributed by atoms with Crippen molar-refractivity contribution in [1.29, 1.82) is 0 Å². The van der Waals surface area contributed by atoms with Crippen LogP contribution < -0.4 is 5.73 Å². The summed E-state index contributed by atoms with van der Waals surface area (Å²) >= 11 is 0. The Balaban J connectivity index is 2.35. The first-order chi connectivity index (χ1) is 7.69. The number of hydrogen-bond donors (Lipinski definition) is 2. The average molecular weight is 220 g/mol. The van der Waals surface area contributed by atoms with Crippen molar-refractivity contribution in [3.05, 3.63) is 34.9 Å². The Morgan fingerprint density at radius 3 is 2.56 bits per heavy atom. The zero-order chi connectivity index (χ0) is 11.7. The van der Waals surface area contributed by atoms with Gasteiger partial charge in [0.05, 0.1) is 6.61 Å². The van der Waals surface area contributed by atoms with E-state index in [1.54, 1.807) is 0 Å². The van der Waals surface area contributed by atoms with E-state index in [1.807, 2.05) is 0 Å². The summed E-state index contributed by atoms with van der Waals surface area (Å²) in [7, 11) is 0. The molecule has 0 spiro atoms. The van der Waals surface area contributed by atoms with Gasteiger partial charge in [0.1, 0.15) is 0 Å². The number of aliphatic hydroxyl groups excluding tert-OH is 1. The molecule has 16 heavy (non-hydrogen) atoms. The Bertz CT molecular complexity index is 378. The lowest BCUT2D eigenvalue weighted by Gasteiger charge is -2.25. The van der Waals surface area contributed by atoms with Crippen molar-refractivity contribution in [2.75, 3.05) is 13.2 Å². The molecule has 2 atom stereocenters. The predicted molar refractivity (Wildman–Crippen MR) is 65.0 cm³/mol. The molecule has 1 aliphatic rings. The van der Waals surface area contributed by atoms with E-state index in [1.165, 1.54) is 16.7 Å². The summed E-state index contributed by atoms with van der Waals surface area (Å²) in [6.07, 6.45) is 0. The SMILES string of the molecule is CC1c2ccc(CN)cc2C(C)N1CCO. The first-order valence-corrected chi connectivity index (χ1v) is 5.88. The monoisotopic (exact) mass is 220 g/mol. The number of fused-ring (bicyclic) bond motifs is 1. The van der Waals surface area contributed by atoms with Crippen molar-refractivity contribution >= 4 is 0 Å². The molecule has 0 aliphatic carbocycles. The van der Waals surface area contributed by atoms with Crippen LogP contribution in [-0.4, -0.2) is 23.2 Å². The predicted octanol–water partition coefficient (Wildman–Crippen LogP) is 1.58. The first kappa shape index (κ1) is 11.6. The van der Waals surface area contributed by atoms with Crippen LogP contribution in [0.1, 0.15) is 42.6 Å². The number of nitrogens with two attached hydrogens (primary N) is 1. The molecule has 3 heteroatoms. The van der Waals surface area contributed by atoms with Gasteiger partial charge in [-0.15, -0.1) is 0 Å². The highest BCUT2D eigenvalue weighted by Crippen LogP contribution is 2.41. The summed E-state index contributed by atoms with van der Waals surface area (Å²) < 4.78 is 0. The van der Waals surface area contributed by atoms with Crippen molar-refractivity contribution < 1.29 is 5.11 Å². The van der Waals surface area contributed by atoms with E-state index < -0.39 is 0 Å². The third-order valence-corrected chi connectivity index (χ3v) is 3.64. The minimum atomic E-state index is 0.215. The summed E-state index contributed by atoms with van der Waals surface area (Å²) in [5.74, 6) is 0. The normalized spacial score (nSPS) is 24.8. The number of benzene rings is 1. The number of β-amino-alcohol motifs (C(OH)–C–C–N with tert-alkyl or cyclic N) is 1. The summed E-state index contributed by atoms with van der Waals surface area (Å²) in [5.41, 5.74) is 9.59. The zero-order valence-electron chi connectivity index (χ0n) is 9.98. The quantitative estimate of drug-likeness (QED) is 0.813. The van der Waals surface area contributed by atoms with Gasteiger partial charge >= 0.3 is 0 Å². The van der Waals surface area contributed by atoms with Crippen LogP contribution in [0.4, 0.5) is 0 Å². The van der Waals surface area contributed by atoms with Crippen LogP contribution in [0.15, 0.2) is 18.2 Å². The Morgan fingerprint density at radius 1 is 1.25 bits per heavy atom. The maximum atomic E-state index is 9.08. The third-order valence-electron chi connectivity index (χ3n) is 3.64. The van der Waals surface area contributed by atoms with E-state index in [0.717, 1.165) is 6.54 Å². The molecule has 3 nitrogen and oxygen atoms in total. The molecule has 0 amide bonds. The van der Waals surface area contributed by atoms with Gasteiger partial charge < -0.3 is 10.8 Å². The molecule has 0 saturated heterocycles. The smallest absolute Gasteiger partial charge is 0.0558 e. The van der Waals surface area contributed by atoms with E-state index in [-0.39, 0.29) is 6.61 Å². The van der Waals surface area contributed by atoms with Gasteiger partial charge in [-0.25, -0.2) is 0 Å². The van der Waals surface area contributed by atoms with Crippen LogP contribution >= 0.6 is 0 Å². The Hall–Kier alpha value is -0.900. The highest BCUT2D eigenvalue weighted by molar-refractivity contribution is 5.39. The lowest BCUT2D eigenvalue weighted by molar-refractivity contribution is 0.139. The van der Waals surface area contributed by atoms with Crippen molar-refractivity contribution in [2.24, 2.45) is 5.73 Å². The van der Waals surface area contributed by atoms with Crippen LogP contribution in [0.3, 0.4) is 0 Å². The van der Waals surface area contributed by atoms with Crippen molar-refractivity contribution in [2.45, 2.75) is 32.5 Å². The molecule has 0 saturated carbocycles. The van der Waals surface area contributed by atoms with E-state index in [0.29, 0.717) is 18.6 Å². The molecular formula is C13H20N2O. The Kier molecular flexibility index (Phi) is 3.28. The fourth-order valence-electron chi connectivity index (χ4n) is 2.69. The molecule has 0 radical (unpaired) electrons. The third kappa shape index (κ3) is 1.75. The van der Waals surface area contributed by atoms with Gasteiger partial charge in [-0.05, 0) is 30.5 Å². The first-order valence-electron chi connectivity index (χ1n) is 5.88. The molecule has 88 valence electrons. The van der Waals surface area contributed by atoms with Gasteiger partial charge in [0, 0.05) is 25.2 Å². The molecule has 0 bridgehead atoms. The molecule has 1 aromatic carbocycles. The molecule has 3 N–H and O–H groups in total. The molecule has 1 aromatic rings. The summed E-state index contributed by atoms with van der Waals surface area (Å²) in [6, 6.07) is 7.25. The molecule has 2 rings (SSSR count). The minimum Gasteiger partial charge on any atom is -0.395 e. The largest absolute Gasteiger partial charge is 0.395 e. The van der Waals surface area contributed by atoms with E-state index in [4.69, 9.17) is 10.8 Å². The van der Waals surface area contributed by atoms with Crippen molar-refractivity contribution in [1.82, 2.24) is 4.90 Å². The highest BCUT2D eigenvalue weighted by atomic mass is 16.3. The fraction of sp³-hybridized carbons (Fsp3) is 0.538. The number of nitrogens with zero attached hydrogens (tertiary/aromatic N) is 1. The lowest BCUT2D eigenvalue weighted by Crippen LogP contribution is -2.26. The maximum Gasteiger partial charge on any atom is 0.0558 e. The van der Waals surface area contributed by atoms with Gasteiger partial charge in [0.15, 0.2) is 0 Å². The zero-order valence-corrected chi connectivity index (χ0v) is 9.98. The van der Waals surface area contributed by atoms with Crippen LogP contribution in [0.25, 0.3) is 0 Å². The molecule has 0 aromatic heterocycles.